The van der Waals surface area contributed by atoms with E-state index in [2.05, 4.69) is 75.6 Å². The van der Waals surface area contributed by atoms with Gasteiger partial charge in [-0.2, -0.15) is 4.98 Å². The molecule has 2 aromatic heterocycles. The van der Waals surface area contributed by atoms with E-state index in [0.29, 0.717) is 29.5 Å². The number of amides is 1. The highest BCUT2D eigenvalue weighted by molar-refractivity contribution is 9.10. The molecule has 0 saturated heterocycles. The smallest absolute Gasteiger partial charge is 0.343 e. The van der Waals surface area contributed by atoms with E-state index in [9.17, 15) is 9.59 Å². The largest absolute Gasteiger partial charge is 0.494 e. The van der Waals surface area contributed by atoms with Crippen LogP contribution in [0.3, 0.4) is 0 Å². The van der Waals surface area contributed by atoms with Crippen molar-refractivity contribution in [2.24, 2.45) is 0 Å². The molecular weight excluding hydrogens is 664 g/mol. The van der Waals surface area contributed by atoms with E-state index >= 15 is 0 Å². The molecule has 13 heteroatoms. The number of rotatable bonds is 14. The molecule has 2 N–H and O–H groups in total. The number of anilines is 6. The number of carbonyl (C=O) groups is 2. The van der Waals surface area contributed by atoms with Crippen LogP contribution in [0.5, 0.6) is 5.75 Å². The van der Waals surface area contributed by atoms with Crippen molar-refractivity contribution in [3.05, 3.63) is 59.0 Å². The average Bonchev–Trinajstić information content (AvgIpc) is 3.30. The summed E-state index contributed by atoms with van der Waals surface area (Å²) in [6.07, 6.45) is 2.36. The number of methoxy groups -OCH3 is 1. The zero-order valence-electron chi connectivity index (χ0n) is 28.5. The van der Waals surface area contributed by atoms with E-state index in [1.807, 2.05) is 30.1 Å². The van der Waals surface area contributed by atoms with E-state index in [-0.39, 0.29) is 28.9 Å². The second-order valence-corrected chi connectivity index (χ2v) is 13.0. The SMILES string of the molecule is C=CC(=O)Nc1cc(Nc2ncc(C(=O)OC(C)C)c(N3CC(C)(C)c4nc(Br)ccc43)n2)c(OC)cc1N(C)CCN(CC)CC. The molecule has 0 aliphatic carbocycles. The molecule has 0 bridgehead atoms. The van der Waals surface area contributed by atoms with Gasteiger partial charge in [0.25, 0.3) is 0 Å². The van der Waals surface area contributed by atoms with Crippen molar-refractivity contribution in [2.45, 2.75) is 53.1 Å². The number of halogens is 1. The number of aromatic nitrogens is 3. The number of nitrogens with zero attached hydrogens (tertiary/aromatic N) is 6. The van der Waals surface area contributed by atoms with Gasteiger partial charge in [-0.25, -0.2) is 14.8 Å². The fourth-order valence-corrected chi connectivity index (χ4v) is 5.77. The number of likely N-dealkylation sites (N-methyl/N-ethyl adjacent to an activating group) is 2. The third kappa shape index (κ3) is 8.20. The molecular formula is C34H45BrN8O4. The summed E-state index contributed by atoms with van der Waals surface area (Å²) in [5.74, 6) is 0.250. The van der Waals surface area contributed by atoms with E-state index in [1.54, 1.807) is 27.0 Å². The van der Waals surface area contributed by atoms with Crippen LogP contribution in [0.1, 0.15) is 57.6 Å². The van der Waals surface area contributed by atoms with E-state index in [0.717, 1.165) is 47.9 Å². The summed E-state index contributed by atoms with van der Waals surface area (Å²) in [5.41, 5.74) is 3.47. The number of hydrogen-bond acceptors (Lipinski definition) is 11. The molecule has 0 saturated carbocycles. The normalized spacial score (nSPS) is 13.4. The lowest BCUT2D eigenvalue weighted by Crippen LogP contribution is -2.33. The Bertz CT molecular complexity index is 1630. The average molecular weight is 710 g/mol. The molecule has 0 unspecified atom stereocenters. The Balaban J connectivity index is 1.78. The number of benzene rings is 1. The molecule has 47 heavy (non-hydrogen) atoms. The molecule has 4 rings (SSSR count). The Kier molecular flexibility index (Phi) is 11.5. The minimum atomic E-state index is -0.526. The number of esters is 1. The third-order valence-electron chi connectivity index (χ3n) is 7.98. The van der Waals surface area contributed by atoms with Crippen LogP contribution in [-0.4, -0.2) is 84.7 Å². The Morgan fingerprint density at radius 2 is 1.87 bits per heavy atom. The standard InChI is InChI=1S/C34H45BrN8O4/c1-10-29(44)37-23-17-24(27(46-9)18-26(23)41(8)15-16-42(11-2)12-3)38-33-36-19-22(32(45)47-21(4)5)31(40-33)43-20-34(6,7)30-25(43)13-14-28(35)39-30/h10,13-14,17-19,21H,1,11-12,15-16,20H2,2-9H3,(H,37,44)(H,36,38,40). The Labute approximate surface area is 285 Å². The van der Waals surface area contributed by atoms with E-state index in [4.69, 9.17) is 19.4 Å². The summed E-state index contributed by atoms with van der Waals surface area (Å²) in [7, 11) is 3.55. The maximum Gasteiger partial charge on any atom is 0.343 e. The molecule has 252 valence electrons. The molecule has 0 fully saturated rings. The highest BCUT2D eigenvalue weighted by atomic mass is 79.9. The lowest BCUT2D eigenvalue weighted by molar-refractivity contribution is -0.111. The summed E-state index contributed by atoms with van der Waals surface area (Å²) in [6.45, 7) is 19.7. The van der Waals surface area contributed by atoms with Gasteiger partial charge in [0.2, 0.25) is 11.9 Å². The van der Waals surface area contributed by atoms with Crippen LogP contribution in [0.4, 0.5) is 34.5 Å². The van der Waals surface area contributed by atoms with Crippen LogP contribution in [0.15, 0.2) is 47.7 Å². The molecule has 1 amide bonds. The zero-order valence-corrected chi connectivity index (χ0v) is 30.1. The van der Waals surface area contributed by atoms with Crippen molar-refractivity contribution in [3.63, 3.8) is 0 Å². The number of ether oxygens (including phenoxy) is 2. The first-order valence-corrected chi connectivity index (χ1v) is 16.5. The van der Waals surface area contributed by atoms with Crippen molar-refractivity contribution in [1.29, 1.82) is 0 Å². The van der Waals surface area contributed by atoms with Crippen LogP contribution in [0.25, 0.3) is 0 Å². The maximum atomic E-state index is 13.3. The number of hydrogen-bond donors (Lipinski definition) is 2. The predicted molar refractivity (Wildman–Crippen MR) is 191 cm³/mol. The molecule has 3 heterocycles. The number of carbonyl (C=O) groups excluding carboxylic acids is 2. The van der Waals surface area contributed by atoms with Crippen LogP contribution in [0, 0.1) is 0 Å². The first-order valence-electron chi connectivity index (χ1n) is 15.7. The Hall–Kier alpha value is -4.23. The molecule has 1 aliphatic rings. The van der Waals surface area contributed by atoms with Gasteiger partial charge >= 0.3 is 5.97 Å². The van der Waals surface area contributed by atoms with Gasteiger partial charge in [0.05, 0.1) is 41.7 Å². The first-order chi connectivity index (χ1) is 22.3. The van der Waals surface area contributed by atoms with Gasteiger partial charge in [0.15, 0.2) is 5.82 Å². The monoisotopic (exact) mass is 708 g/mol. The summed E-state index contributed by atoms with van der Waals surface area (Å²) in [4.78, 5) is 46.3. The lowest BCUT2D eigenvalue weighted by atomic mass is 9.91. The molecule has 12 nitrogen and oxygen atoms in total. The van der Waals surface area contributed by atoms with Gasteiger partial charge in [0, 0.05) is 44.4 Å². The molecule has 1 aromatic carbocycles. The van der Waals surface area contributed by atoms with Crippen molar-refractivity contribution in [3.8, 4) is 5.75 Å². The molecule has 0 spiro atoms. The van der Waals surface area contributed by atoms with Gasteiger partial charge in [-0.05, 0) is 67.1 Å². The zero-order chi connectivity index (χ0) is 34.5. The minimum Gasteiger partial charge on any atom is -0.494 e. The highest BCUT2D eigenvalue weighted by Crippen LogP contribution is 2.45. The second-order valence-electron chi connectivity index (χ2n) is 12.2. The van der Waals surface area contributed by atoms with Gasteiger partial charge in [-0.1, -0.05) is 34.3 Å². The van der Waals surface area contributed by atoms with Gasteiger partial charge in [-0.15, -0.1) is 0 Å². The lowest BCUT2D eigenvalue weighted by Gasteiger charge is -2.27. The van der Waals surface area contributed by atoms with E-state index < -0.39 is 5.97 Å². The fraction of sp³-hybridized carbons (Fsp3) is 0.441. The predicted octanol–water partition coefficient (Wildman–Crippen LogP) is 6.28. The Morgan fingerprint density at radius 1 is 1.15 bits per heavy atom. The van der Waals surface area contributed by atoms with Crippen molar-refractivity contribution >= 4 is 62.3 Å². The van der Waals surface area contributed by atoms with Gasteiger partial charge in [0.1, 0.15) is 15.9 Å². The van der Waals surface area contributed by atoms with Gasteiger partial charge < -0.3 is 34.8 Å². The number of nitrogens with one attached hydrogen (secondary N) is 2. The van der Waals surface area contributed by atoms with Crippen molar-refractivity contribution in [1.82, 2.24) is 19.9 Å². The van der Waals surface area contributed by atoms with Crippen LogP contribution < -0.4 is 25.2 Å². The molecule has 0 radical (unpaired) electrons. The van der Waals surface area contributed by atoms with Crippen molar-refractivity contribution < 1.29 is 19.1 Å². The second kappa shape index (κ2) is 15.1. The number of pyridine rings is 1. The van der Waals surface area contributed by atoms with Crippen LogP contribution in [-0.2, 0) is 14.9 Å². The topological polar surface area (TPSA) is 125 Å². The summed E-state index contributed by atoms with van der Waals surface area (Å²) < 4.78 is 12.1. The minimum absolute atomic E-state index is 0.222. The molecule has 0 atom stereocenters. The van der Waals surface area contributed by atoms with Crippen molar-refractivity contribution in [2.75, 3.05) is 67.3 Å². The summed E-state index contributed by atoms with van der Waals surface area (Å²) in [6, 6.07) is 7.47. The third-order valence-corrected chi connectivity index (χ3v) is 8.42. The highest BCUT2D eigenvalue weighted by Gasteiger charge is 2.40. The molecule has 3 aromatic rings. The summed E-state index contributed by atoms with van der Waals surface area (Å²) in [5, 5.41) is 6.19. The van der Waals surface area contributed by atoms with Gasteiger partial charge in [-0.3, -0.25) is 4.79 Å². The summed E-state index contributed by atoms with van der Waals surface area (Å²) >= 11 is 3.49. The van der Waals surface area contributed by atoms with Crippen LogP contribution in [0.2, 0.25) is 0 Å². The Morgan fingerprint density at radius 3 is 2.51 bits per heavy atom. The van der Waals surface area contributed by atoms with Crippen LogP contribution >= 0.6 is 15.9 Å². The maximum absolute atomic E-state index is 13.3. The van der Waals surface area contributed by atoms with E-state index in [1.165, 1.54) is 12.3 Å². The molecule has 1 aliphatic heterocycles. The fourth-order valence-electron chi connectivity index (χ4n) is 5.46. The quantitative estimate of drug-likeness (QED) is 0.112. The first kappa shape index (κ1) is 35.6. The number of fused-ring (bicyclic) bond motifs is 1.